The lowest BCUT2D eigenvalue weighted by molar-refractivity contribution is 0.581. The van der Waals surface area contributed by atoms with Gasteiger partial charge in [0.1, 0.15) is 0 Å². The number of hydrogen-bond donors (Lipinski definition) is 1. The highest BCUT2D eigenvalue weighted by molar-refractivity contribution is 5.79. The van der Waals surface area contributed by atoms with Gasteiger partial charge in [-0.3, -0.25) is 9.67 Å². The zero-order chi connectivity index (χ0) is 14.4. The molecule has 0 unspecified atom stereocenters. The third kappa shape index (κ3) is 3.60. The van der Waals surface area contributed by atoms with E-state index in [1.807, 2.05) is 35.9 Å². The second kappa shape index (κ2) is 6.75. The van der Waals surface area contributed by atoms with Gasteiger partial charge in [-0.25, -0.2) is 0 Å². The summed E-state index contributed by atoms with van der Waals surface area (Å²) in [5.74, 6) is 0.874. The van der Waals surface area contributed by atoms with Gasteiger partial charge in [0.05, 0.1) is 6.54 Å². The Morgan fingerprint density at radius 1 is 1.25 bits per heavy atom. The molecule has 1 aromatic carbocycles. The fraction of sp³-hybridized carbons (Fsp3) is 0.333. The molecule has 0 spiro atoms. The molecule has 5 heteroatoms. The number of nitrogens with one attached hydrogen (secondary N) is 1. The number of hydrogen-bond acceptors (Lipinski definition) is 2. The van der Waals surface area contributed by atoms with Crippen molar-refractivity contribution in [2.75, 3.05) is 21.1 Å². The fourth-order valence-electron chi connectivity index (χ4n) is 2.06. The largest absolute Gasteiger partial charge is 0.352 e. The number of guanidine groups is 1. The SMILES string of the molecule is CN=C(NCc1ccccc1Cn1cccn1)N(C)C. The number of nitrogens with zero attached hydrogens (tertiary/aromatic N) is 4. The van der Waals surface area contributed by atoms with Crippen LogP contribution in [0.25, 0.3) is 0 Å². The van der Waals surface area contributed by atoms with Crippen LogP contribution >= 0.6 is 0 Å². The molecule has 1 aromatic heterocycles. The summed E-state index contributed by atoms with van der Waals surface area (Å²) in [6.07, 6.45) is 3.78. The Kier molecular flexibility index (Phi) is 4.76. The van der Waals surface area contributed by atoms with E-state index in [4.69, 9.17) is 0 Å². The van der Waals surface area contributed by atoms with Crippen molar-refractivity contribution in [2.24, 2.45) is 4.99 Å². The molecule has 0 aliphatic heterocycles. The minimum Gasteiger partial charge on any atom is -0.352 e. The Balaban J connectivity index is 2.08. The van der Waals surface area contributed by atoms with Gasteiger partial charge in [0.15, 0.2) is 5.96 Å². The van der Waals surface area contributed by atoms with Gasteiger partial charge in [0.25, 0.3) is 0 Å². The molecule has 2 rings (SSSR count). The summed E-state index contributed by atoms with van der Waals surface area (Å²) in [5, 5.41) is 7.61. The van der Waals surface area contributed by atoms with Gasteiger partial charge >= 0.3 is 0 Å². The smallest absolute Gasteiger partial charge is 0.193 e. The summed E-state index contributed by atoms with van der Waals surface area (Å²) in [5.41, 5.74) is 2.52. The van der Waals surface area contributed by atoms with Crippen LogP contribution in [0.2, 0.25) is 0 Å². The minimum absolute atomic E-state index is 0.752. The van der Waals surface area contributed by atoms with E-state index in [-0.39, 0.29) is 0 Å². The first-order chi connectivity index (χ1) is 9.70. The topological polar surface area (TPSA) is 45.5 Å². The Labute approximate surface area is 119 Å². The molecular weight excluding hydrogens is 250 g/mol. The highest BCUT2D eigenvalue weighted by Crippen LogP contribution is 2.10. The van der Waals surface area contributed by atoms with Crippen molar-refractivity contribution in [3.05, 3.63) is 53.9 Å². The van der Waals surface area contributed by atoms with Crippen molar-refractivity contribution in [1.29, 1.82) is 0 Å². The Morgan fingerprint density at radius 2 is 2.00 bits per heavy atom. The second-order valence-electron chi connectivity index (χ2n) is 4.77. The first kappa shape index (κ1) is 14.1. The van der Waals surface area contributed by atoms with Crippen molar-refractivity contribution < 1.29 is 0 Å². The summed E-state index contributed by atoms with van der Waals surface area (Å²) in [7, 11) is 5.74. The van der Waals surface area contributed by atoms with E-state index >= 15 is 0 Å². The first-order valence-corrected chi connectivity index (χ1v) is 6.63. The molecule has 0 bridgehead atoms. The molecule has 0 aliphatic carbocycles. The van der Waals surface area contributed by atoms with Gasteiger partial charge in [-0.1, -0.05) is 24.3 Å². The van der Waals surface area contributed by atoms with E-state index in [1.165, 1.54) is 11.1 Å². The molecule has 0 saturated carbocycles. The van der Waals surface area contributed by atoms with Crippen LogP contribution in [0.1, 0.15) is 11.1 Å². The van der Waals surface area contributed by atoms with Crippen LogP contribution in [0, 0.1) is 0 Å². The summed E-state index contributed by atoms with van der Waals surface area (Å²) >= 11 is 0. The zero-order valence-electron chi connectivity index (χ0n) is 12.2. The second-order valence-corrected chi connectivity index (χ2v) is 4.77. The molecule has 0 aliphatic rings. The van der Waals surface area contributed by atoms with Crippen molar-refractivity contribution in [1.82, 2.24) is 20.0 Å². The third-order valence-corrected chi connectivity index (χ3v) is 3.08. The molecule has 0 fully saturated rings. The Morgan fingerprint density at radius 3 is 2.60 bits per heavy atom. The molecule has 2 aromatic rings. The third-order valence-electron chi connectivity index (χ3n) is 3.08. The molecule has 0 atom stereocenters. The number of benzene rings is 1. The van der Waals surface area contributed by atoms with Crippen LogP contribution in [0.5, 0.6) is 0 Å². The van der Waals surface area contributed by atoms with Crippen LogP contribution in [0.15, 0.2) is 47.7 Å². The van der Waals surface area contributed by atoms with E-state index in [9.17, 15) is 0 Å². The number of rotatable bonds is 4. The van der Waals surface area contributed by atoms with Crippen LogP contribution in [0.3, 0.4) is 0 Å². The summed E-state index contributed by atoms with van der Waals surface area (Å²) in [6, 6.07) is 10.3. The van der Waals surface area contributed by atoms with E-state index in [1.54, 1.807) is 13.2 Å². The average molecular weight is 271 g/mol. The zero-order valence-corrected chi connectivity index (χ0v) is 12.2. The number of aliphatic imine (C=N–C) groups is 1. The fourth-order valence-corrected chi connectivity index (χ4v) is 2.06. The van der Waals surface area contributed by atoms with Crippen molar-refractivity contribution in [3.8, 4) is 0 Å². The van der Waals surface area contributed by atoms with Crippen LogP contribution in [-0.2, 0) is 13.1 Å². The van der Waals surface area contributed by atoms with Crippen LogP contribution in [-0.4, -0.2) is 41.8 Å². The van der Waals surface area contributed by atoms with Crippen molar-refractivity contribution >= 4 is 5.96 Å². The molecule has 5 nitrogen and oxygen atoms in total. The van der Waals surface area contributed by atoms with E-state index in [2.05, 4.69) is 39.7 Å². The summed E-state index contributed by atoms with van der Waals surface area (Å²) in [6.45, 7) is 1.54. The molecule has 0 amide bonds. The van der Waals surface area contributed by atoms with Gasteiger partial charge in [-0.05, 0) is 17.2 Å². The maximum absolute atomic E-state index is 4.26. The van der Waals surface area contributed by atoms with E-state index < -0.39 is 0 Å². The molecule has 1 heterocycles. The van der Waals surface area contributed by atoms with Crippen molar-refractivity contribution in [3.63, 3.8) is 0 Å². The highest BCUT2D eigenvalue weighted by atomic mass is 15.3. The van der Waals surface area contributed by atoms with Gasteiger partial charge in [0, 0.05) is 40.1 Å². The van der Waals surface area contributed by atoms with Crippen molar-refractivity contribution in [2.45, 2.75) is 13.1 Å². The lowest BCUT2D eigenvalue weighted by Gasteiger charge is -2.18. The lowest BCUT2D eigenvalue weighted by Crippen LogP contribution is -2.36. The van der Waals surface area contributed by atoms with Gasteiger partial charge in [0.2, 0.25) is 0 Å². The number of aromatic nitrogens is 2. The molecular formula is C15H21N5. The highest BCUT2D eigenvalue weighted by Gasteiger charge is 2.05. The minimum atomic E-state index is 0.752. The first-order valence-electron chi connectivity index (χ1n) is 6.63. The Hall–Kier alpha value is -2.30. The predicted octanol–water partition coefficient (Wildman–Crippen LogP) is 1.57. The average Bonchev–Trinajstić information content (AvgIpc) is 2.94. The Bertz CT molecular complexity index is 557. The molecule has 0 saturated heterocycles. The van der Waals surface area contributed by atoms with E-state index in [0.29, 0.717) is 0 Å². The normalized spacial score (nSPS) is 11.4. The monoisotopic (exact) mass is 271 g/mol. The van der Waals surface area contributed by atoms with E-state index in [0.717, 1.165) is 19.0 Å². The molecule has 1 N–H and O–H groups in total. The summed E-state index contributed by atoms with van der Waals surface area (Å²) < 4.78 is 1.93. The van der Waals surface area contributed by atoms with Crippen LogP contribution < -0.4 is 5.32 Å². The van der Waals surface area contributed by atoms with Gasteiger partial charge in [-0.15, -0.1) is 0 Å². The molecule has 20 heavy (non-hydrogen) atoms. The van der Waals surface area contributed by atoms with Gasteiger partial charge < -0.3 is 10.2 Å². The molecule has 0 radical (unpaired) electrons. The predicted molar refractivity (Wildman–Crippen MR) is 81.7 cm³/mol. The van der Waals surface area contributed by atoms with Crippen LogP contribution in [0.4, 0.5) is 0 Å². The molecule has 106 valence electrons. The maximum atomic E-state index is 4.26. The quantitative estimate of drug-likeness (QED) is 0.678. The standard InChI is InChI=1S/C15H21N5/c1-16-15(19(2)3)17-11-13-7-4-5-8-14(13)12-20-10-6-9-18-20/h4-10H,11-12H2,1-3H3,(H,16,17). The maximum Gasteiger partial charge on any atom is 0.193 e. The lowest BCUT2D eigenvalue weighted by atomic mass is 10.1. The summed E-state index contributed by atoms with van der Waals surface area (Å²) in [4.78, 5) is 6.19. The van der Waals surface area contributed by atoms with Gasteiger partial charge in [-0.2, -0.15) is 5.10 Å².